The van der Waals surface area contributed by atoms with Gasteiger partial charge in [-0.3, -0.25) is 14.4 Å². The van der Waals surface area contributed by atoms with Crippen molar-refractivity contribution >= 4 is 28.9 Å². The predicted octanol–water partition coefficient (Wildman–Crippen LogP) is 3.62. The molecule has 1 heterocycles. The lowest BCUT2D eigenvalue weighted by Crippen LogP contribution is -2.31. The molecule has 0 aliphatic carbocycles. The molecule has 2 amide bonds. The number of fused-ring (bicyclic) bond motifs is 1. The first-order valence-corrected chi connectivity index (χ1v) is 8.05. The number of amides is 2. The summed E-state index contributed by atoms with van der Waals surface area (Å²) >= 11 is 0. The molecule has 1 aliphatic heterocycles. The van der Waals surface area contributed by atoms with Crippen LogP contribution in [0.25, 0.3) is 5.57 Å². The van der Waals surface area contributed by atoms with Crippen LogP contribution in [0.3, 0.4) is 0 Å². The fourth-order valence-corrected chi connectivity index (χ4v) is 2.79. The smallest absolute Gasteiger partial charge is 0.268 e. The van der Waals surface area contributed by atoms with Gasteiger partial charge in [-0.05, 0) is 42.8 Å². The number of carbonyl (C=O) groups excluding carboxylic acids is 3. The van der Waals surface area contributed by atoms with Gasteiger partial charge in [-0.25, -0.2) is 13.7 Å². The molecular weight excluding hydrogens is 356 g/mol. The number of ketones is 1. The van der Waals surface area contributed by atoms with Gasteiger partial charge in [-0.2, -0.15) is 0 Å². The monoisotopic (exact) mass is 371 g/mol. The van der Waals surface area contributed by atoms with E-state index < -0.39 is 23.4 Å². The largest absolute Gasteiger partial charge is 0.496 e. The van der Waals surface area contributed by atoms with E-state index in [1.807, 2.05) is 0 Å². The van der Waals surface area contributed by atoms with Gasteiger partial charge in [0.25, 0.3) is 5.91 Å². The Morgan fingerprint density at radius 3 is 2.44 bits per heavy atom. The molecule has 0 spiro atoms. The molecule has 0 unspecified atom stereocenters. The Balaban J connectivity index is 1.92. The molecule has 27 heavy (non-hydrogen) atoms. The van der Waals surface area contributed by atoms with E-state index in [0.717, 1.165) is 23.3 Å². The van der Waals surface area contributed by atoms with Gasteiger partial charge in [-0.15, -0.1) is 0 Å². The number of hydrogen-bond donors (Lipinski definition) is 0. The number of benzene rings is 2. The number of Topliss-reactive ketones (excluding diaryl/α,β-unsaturated/α-hetero) is 1. The van der Waals surface area contributed by atoms with Crippen molar-refractivity contribution in [1.29, 1.82) is 0 Å². The third-order valence-electron chi connectivity index (χ3n) is 4.12. The Kier molecular flexibility index (Phi) is 4.85. The van der Waals surface area contributed by atoms with Crippen LogP contribution in [0.15, 0.2) is 42.7 Å². The maximum Gasteiger partial charge on any atom is 0.268 e. The van der Waals surface area contributed by atoms with Crippen LogP contribution < -0.4 is 4.90 Å². The van der Waals surface area contributed by atoms with Crippen LogP contribution in [0.4, 0.5) is 14.5 Å². The fourth-order valence-electron chi connectivity index (χ4n) is 2.79. The van der Waals surface area contributed by atoms with Crippen LogP contribution in [0.1, 0.15) is 35.3 Å². The summed E-state index contributed by atoms with van der Waals surface area (Å²) in [4.78, 5) is 37.0. The molecule has 138 valence electrons. The predicted molar refractivity (Wildman–Crippen MR) is 93.7 cm³/mol. The van der Waals surface area contributed by atoms with E-state index in [9.17, 15) is 23.2 Å². The lowest BCUT2D eigenvalue weighted by molar-refractivity contribution is -0.122. The van der Waals surface area contributed by atoms with Crippen molar-refractivity contribution < 1.29 is 27.9 Å². The van der Waals surface area contributed by atoms with E-state index >= 15 is 0 Å². The molecule has 0 atom stereocenters. The van der Waals surface area contributed by atoms with Gasteiger partial charge in [0.2, 0.25) is 5.91 Å². The maximum atomic E-state index is 13.3. The normalized spacial score (nSPS) is 14.4. The first kappa shape index (κ1) is 18.4. The summed E-state index contributed by atoms with van der Waals surface area (Å²) in [5.41, 5.74) is 1.62. The molecule has 3 rings (SSSR count). The second kappa shape index (κ2) is 7.11. The number of rotatable bonds is 4. The summed E-state index contributed by atoms with van der Waals surface area (Å²) in [6, 6.07) is 7.92. The lowest BCUT2D eigenvalue weighted by Gasteiger charge is -2.12. The van der Waals surface area contributed by atoms with E-state index in [1.165, 1.54) is 38.1 Å². The summed E-state index contributed by atoms with van der Waals surface area (Å²) < 4.78 is 31.6. The van der Waals surface area contributed by atoms with Gasteiger partial charge in [0.1, 0.15) is 6.61 Å². The summed E-state index contributed by atoms with van der Waals surface area (Å²) in [5, 5.41) is 0. The molecule has 2 aromatic carbocycles. The van der Waals surface area contributed by atoms with E-state index in [4.69, 9.17) is 4.74 Å². The number of ether oxygens (including phenoxy) is 1. The SMILES string of the molecule is CC(=O)c1ccc2c(c1)C(=COCc1ccc(F)c(F)c1)C(=O)N2C(C)=O. The third-order valence-corrected chi connectivity index (χ3v) is 4.12. The van der Waals surface area contributed by atoms with Gasteiger partial charge in [0.05, 0.1) is 17.5 Å². The Morgan fingerprint density at radius 1 is 1.07 bits per heavy atom. The number of nitrogens with zero attached hydrogens (tertiary/aromatic N) is 1. The Morgan fingerprint density at radius 2 is 1.81 bits per heavy atom. The quantitative estimate of drug-likeness (QED) is 0.468. The maximum absolute atomic E-state index is 13.3. The van der Waals surface area contributed by atoms with Gasteiger partial charge >= 0.3 is 0 Å². The van der Waals surface area contributed by atoms with Crippen LogP contribution in [0, 0.1) is 11.6 Å². The molecule has 5 nitrogen and oxygen atoms in total. The highest BCUT2D eigenvalue weighted by atomic mass is 19.2. The zero-order valence-corrected chi connectivity index (χ0v) is 14.6. The minimum absolute atomic E-state index is 0.101. The Labute approximate surface area is 153 Å². The zero-order valence-electron chi connectivity index (χ0n) is 14.6. The molecule has 1 aliphatic rings. The van der Waals surface area contributed by atoms with Gasteiger partial charge in [-0.1, -0.05) is 6.07 Å². The Hall–Kier alpha value is -3.35. The molecule has 7 heteroatoms. The minimum atomic E-state index is -1.00. The van der Waals surface area contributed by atoms with Crippen molar-refractivity contribution in [3.63, 3.8) is 0 Å². The Bertz CT molecular complexity index is 997. The number of imide groups is 1. The van der Waals surface area contributed by atoms with E-state index in [0.29, 0.717) is 22.4 Å². The second-order valence-corrected chi connectivity index (χ2v) is 6.04. The van der Waals surface area contributed by atoms with E-state index in [-0.39, 0.29) is 18.0 Å². The summed E-state index contributed by atoms with van der Waals surface area (Å²) in [5.74, 6) is -3.20. The van der Waals surface area contributed by atoms with Crippen molar-refractivity contribution in [2.75, 3.05) is 4.90 Å². The fraction of sp³-hybridized carbons (Fsp3) is 0.150. The van der Waals surface area contributed by atoms with Crippen molar-refractivity contribution in [1.82, 2.24) is 0 Å². The molecule has 0 saturated heterocycles. The first-order valence-electron chi connectivity index (χ1n) is 8.05. The third kappa shape index (κ3) is 3.48. The number of carbonyl (C=O) groups is 3. The van der Waals surface area contributed by atoms with Crippen molar-refractivity contribution in [2.24, 2.45) is 0 Å². The minimum Gasteiger partial charge on any atom is -0.496 e. The van der Waals surface area contributed by atoms with Crippen LogP contribution in [0.5, 0.6) is 0 Å². The van der Waals surface area contributed by atoms with Crippen molar-refractivity contribution in [2.45, 2.75) is 20.5 Å². The first-order chi connectivity index (χ1) is 12.8. The van der Waals surface area contributed by atoms with Gasteiger partial charge < -0.3 is 4.74 Å². The standard InChI is InChI=1S/C20H15F2NO4/c1-11(24)14-4-6-19-15(8-14)16(20(26)23(19)12(2)25)10-27-9-13-3-5-17(21)18(22)7-13/h3-8,10H,9H2,1-2H3. The number of halogens is 2. The van der Waals surface area contributed by atoms with Crippen molar-refractivity contribution in [3.05, 3.63) is 71.0 Å². The summed E-state index contributed by atoms with van der Waals surface area (Å²) in [6.07, 6.45) is 1.16. The van der Waals surface area contributed by atoms with Crippen molar-refractivity contribution in [3.8, 4) is 0 Å². The second-order valence-electron chi connectivity index (χ2n) is 6.04. The van der Waals surface area contributed by atoms with Crippen LogP contribution >= 0.6 is 0 Å². The van der Waals surface area contributed by atoms with Gasteiger partial charge in [0.15, 0.2) is 17.4 Å². The van der Waals surface area contributed by atoms with E-state index in [2.05, 4.69) is 0 Å². The van der Waals surface area contributed by atoms with E-state index in [1.54, 1.807) is 0 Å². The zero-order chi connectivity index (χ0) is 19.7. The highest BCUT2D eigenvalue weighted by molar-refractivity contribution is 6.39. The average molecular weight is 371 g/mol. The molecule has 0 fully saturated rings. The molecule has 0 radical (unpaired) electrons. The summed E-state index contributed by atoms with van der Waals surface area (Å²) in [6.45, 7) is 2.55. The molecule has 0 N–H and O–H groups in total. The highest BCUT2D eigenvalue weighted by Crippen LogP contribution is 2.37. The lowest BCUT2D eigenvalue weighted by atomic mass is 10.0. The molecular formula is C20H15F2NO4. The average Bonchev–Trinajstić information content (AvgIpc) is 2.89. The van der Waals surface area contributed by atoms with Crippen LogP contribution in [0.2, 0.25) is 0 Å². The molecule has 2 aromatic rings. The molecule has 0 bridgehead atoms. The van der Waals surface area contributed by atoms with Crippen LogP contribution in [-0.2, 0) is 20.9 Å². The topological polar surface area (TPSA) is 63.7 Å². The molecule has 0 saturated carbocycles. The van der Waals surface area contributed by atoms with Crippen LogP contribution in [-0.4, -0.2) is 17.6 Å². The number of anilines is 1. The van der Waals surface area contributed by atoms with Gasteiger partial charge in [0, 0.05) is 18.1 Å². The molecule has 0 aromatic heterocycles. The summed E-state index contributed by atoms with van der Waals surface area (Å²) in [7, 11) is 0. The number of hydrogen-bond acceptors (Lipinski definition) is 4. The highest BCUT2D eigenvalue weighted by Gasteiger charge is 2.35.